The topological polar surface area (TPSA) is 52.0 Å². The highest BCUT2D eigenvalue weighted by Crippen LogP contribution is 2.11. The Morgan fingerprint density at radius 2 is 2.10 bits per heavy atom. The Morgan fingerprint density at radius 1 is 1.40 bits per heavy atom. The van der Waals surface area contributed by atoms with Gasteiger partial charge in [0.05, 0.1) is 15.7 Å². The lowest BCUT2D eigenvalue weighted by molar-refractivity contribution is 0.0965. The van der Waals surface area contributed by atoms with Crippen LogP contribution in [-0.2, 0) is 6.54 Å². The van der Waals surface area contributed by atoms with E-state index >= 15 is 0 Å². The van der Waals surface area contributed by atoms with Crippen LogP contribution in [0.5, 0.6) is 0 Å². The average molecular weight is 390 g/mol. The molecule has 0 amide bonds. The van der Waals surface area contributed by atoms with Gasteiger partial charge in [-0.3, -0.25) is 14.2 Å². The molecule has 0 aliphatic carbocycles. The minimum absolute atomic E-state index is 0.334. The van der Waals surface area contributed by atoms with Crippen molar-refractivity contribution >= 4 is 28.4 Å². The zero-order valence-corrected chi connectivity index (χ0v) is 12.5. The summed E-state index contributed by atoms with van der Waals surface area (Å²) in [6.07, 6.45) is 1.39. The normalized spacial score (nSPS) is 10.6. The fourth-order valence-electron chi connectivity index (χ4n) is 1.68. The van der Waals surface area contributed by atoms with E-state index in [2.05, 4.69) is 4.98 Å². The lowest BCUT2D eigenvalue weighted by atomic mass is 10.1. The molecule has 0 saturated carbocycles. The monoisotopic (exact) mass is 390 g/mol. The summed E-state index contributed by atoms with van der Waals surface area (Å²) in [6, 6.07) is 2.63. The van der Waals surface area contributed by atoms with Crippen molar-refractivity contribution in [3.8, 4) is 0 Å². The van der Waals surface area contributed by atoms with Crippen molar-refractivity contribution in [3.05, 3.63) is 61.3 Å². The van der Waals surface area contributed by atoms with E-state index in [1.807, 2.05) is 0 Å². The van der Waals surface area contributed by atoms with E-state index in [1.54, 1.807) is 29.5 Å². The Bertz CT molecular complexity index is 744. The van der Waals surface area contributed by atoms with E-state index in [1.165, 1.54) is 6.20 Å². The number of aryl methyl sites for hydroxylation is 1. The molecule has 7 heteroatoms. The van der Waals surface area contributed by atoms with Gasteiger partial charge in [-0.2, -0.15) is 0 Å². The fourth-order valence-corrected chi connectivity index (χ4v) is 2.11. The second-order valence-corrected chi connectivity index (χ2v) is 5.25. The smallest absolute Gasteiger partial charge is 0.267 e. The van der Waals surface area contributed by atoms with Gasteiger partial charge in [0.15, 0.2) is 5.78 Å². The van der Waals surface area contributed by atoms with Crippen LogP contribution in [0.1, 0.15) is 16.2 Å². The second-order valence-electron chi connectivity index (χ2n) is 4.09. The third kappa shape index (κ3) is 2.92. The molecule has 0 bridgehead atoms. The molecule has 0 spiro atoms. The van der Waals surface area contributed by atoms with Gasteiger partial charge in [-0.25, -0.2) is 13.8 Å². The van der Waals surface area contributed by atoms with Crippen LogP contribution < -0.4 is 5.56 Å². The van der Waals surface area contributed by atoms with Crippen LogP contribution in [0, 0.1) is 22.1 Å². The third-order valence-electron chi connectivity index (χ3n) is 2.74. The number of aromatic nitrogens is 2. The summed E-state index contributed by atoms with van der Waals surface area (Å²) in [6.45, 7) is 1.18. The average Bonchev–Trinajstić information content (AvgIpc) is 2.41. The molecule has 1 aromatic heterocycles. The summed E-state index contributed by atoms with van der Waals surface area (Å²) >= 11 is 1.80. The SMILES string of the molecule is Cc1ncc(I)c(=O)n1CC(=O)c1cc(F)ccc1F. The van der Waals surface area contributed by atoms with E-state index < -0.39 is 17.4 Å². The number of Topliss-reactive ketones (excluding diaryl/α,β-unsaturated/α-hetero) is 1. The van der Waals surface area contributed by atoms with Gasteiger partial charge in [0.1, 0.15) is 17.5 Å². The van der Waals surface area contributed by atoms with Gasteiger partial charge in [-0.05, 0) is 47.7 Å². The Morgan fingerprint density at radius 3 is 2.80 bits per heavy atom. The lowest BCUT2D eigenvalue weighted by Crippen LogP contribution is -2.29. The maximum Gasteiger partial charge on any atom is 0.267 e. The van der Waals surface area contributed by atoms with E-state index in [0.29, 0.717) is 9.39 Å². The molecular weight excluding hydrogens is 381 g/mol. The van der Waals surface area contributed by atoms with E-state index in [4.69, 9.17) is 0 Å². The Kier molecular flexibility index (Phi) is 4.26. The molecule has 0 unspecified atom stereocenters. The summed E-state index contributed by atoms with van der Waals surface area (Å²) in [7, 11) is 0. The number of ketones is 1. The maximum atomic E-state index is 13.5. The number of hydrogen-bond acceptors (Lipinski definition) is 3. The zero-order valence-electron chi connectivity index (χ0n) is 10.4. The third-order valence-corrected chi connectivity index (χ3v) is 3.48. The van der Waals surface area contributed by atoms with Crippen LogP contribution in [0.25, 0.3) is 0 Å². The first-order chi connectivity index (χ1) is 9.40. The molecule has 4 nitrogen and oxygen atoms in total. The van der Waals surface area contributed by atoms with Gasteiger partial charge in [-0.1, -0.05) is 0 Å². The predicted octanol–water partition coefficient (Wildman–Crippen LogP) is 2.32. The van der Waals surface area contributed by atoms with Crippen molar-refractivity contribution in [2.75, 3.05) is 0 Å². The number of carbonyl (C=O) groups excluding carboxylic acids is 1. The number of nitrogens with zero attached hydrogens (tertiary/aromatic N) is 2. The standard InChI is InChI=1S/C13H9F2IN2O2/c1-7-17-5-11(16)13(20)18(7)6-12(19)9-4-8(14)2-3-10(9)15/h2-5H,6H2,1H3. The minimum Gasteiger partial charge on any atom is -0.292 e. The van der Waals surface area contributed by atoms with Gasteiger partial charge < -0.3 is 0 Å². The molecule has 0 aliphatic rings. The van der Waals surface area contributed by atoms with Crippen molar-refractivity contribution < 1.29 is 13.6 Å². The molecule has 1 aromatic carbocycles. The molecule has 0 N–H and O–H groups in total. The highest BCUT2D eigenvalue weighted by molar-refractivity contribution is 14.1. The van der Waals surface area contributed by atoms with Gasteiger partial charge in [0, 0.05) is 6.20 Å². The number of benzene rings is 1. The summed E-state index contributed by atoms with van der Waals surface area (Å²) in [5, 5.41) is 0. The fraction of sp³-hybridized carbons (Fsp3) is 0.154. The van der Waals surface area contributed by atoms with Gasteiger partial charge in [0.2, 0.25) is 0 Å². The maximum absolute atomic E-state index is 13.5. The number of hydrogen-bond donors (Lipinski definition) is 0. The first-order valence-corrected chi connectivity index (χ1v) is 6.68. The van der Waals surface area contributed by atoms with E-state index in [-0.39, 0.29) is 17.7 Å². The summed E-state index contributed by atoms with van der Waals surface area (Å²) in [5.41, 5.74) is -0.765. The van der Waals surface area contributed by atoms with Crippen molar-refractivity contribution in [2.45, 2.75) is 13.5 Å². The Labute approximate surface area is 126 Å². The first kappa shape index (κ1) is 14.8. The zero-order chi connectivity index (χ0) is 14.9. The summed E-state index contributed by atoms with van der Waals surface area (Å²) < 4.78 is 28.1. The van der Waals surface area contributed by atoms with Crippen LogP contribution in [0.3, 0.4) is 0 Å². The van der Waals surface area contributed by atoms with Crippen molar-refractivity contribution in [3.63, 3.8) is 0 Å². The second kappa shape index (κ2) is 5.78. The number of rotatable bonds is 3. The molecule has 0 saturated heterocycles. The molecule has 0 atom stereocenters. The van der Waals surface area contributed by atoms with Crippen LogP contribution in [-0.4, -0.2) is 15.3 Å². The van der Waals surface area contributed by atoms with Crippen LogP contribution in [0.4, 0.5) is 8.78 Å². The lowest BCUT2D eigenvalue weighted by Gasteiger charge is -2.09. The van der Waals surface area contributed by atoms with Crippen molar-refractivity contribution in [1.29, 1.82) is 0 Å². The van der Waals surface area contributed by atoms with Gasteiger partial charge >= 0.3 is 0 Å². The largest absolute Gasteiger partial charge is 0.292 e. The molecule has 0 radical (unpaired) electrons. The Balaban J connectivity index is 2.40. The summed E-state index contributed by atoms with van der Waals surface area (Å²) in [4.78, 5) is 27.9. The van der Waals surface area contributed by atoms with Crippen molar-refractivity contribution in [2.24, 2.45) is 0 Å². The molecule has 104 valence electrons. The van der Waals surface area contributed by atoms with Crippen molar-refractivity contribution in [1.82, 2.24) is 9.55 Å². The first-order valence-electron chi connectivity index (χ1n) is 5.60. The molecular formula is C13H9F2IN2O2. The highest BCUT2D eigenvalue weighted by atomic mass is 127. The quantitative estimate of drug-likeness (QED) is 0.597. The van der Waals surface area contributed by atoms with Crippen LogP contribution >= 0.6 is 22.6 Å². The molecule has 2 aromatic rings. The molecule has 2 rings (SSSR count). The van der Waals surface area contributed by atoms with E-state index in [9.17, 15) is 18.4 Å². The van der Waals surface area contributed by atoms with Gasteiger partial charge in [-0.15, -0.1) is 0 Å². The van der Waals surface area contributed by atoms with E-state index in [0.717, 1.165) is 22.8 Å². The molecule has 20 heavy (non-hydrogen) atoms. The Hall–Kier alpha value is -1.64. The minimum atomic E-state index is -0.819. The molecule has 0 fully saturated rings. The summed E-state index contributed by atoms with van der Waals surface area (Å²) in [5.74, 6) is -1.88. The predicted molar refractivity (Wildman–Crippen MR) is 76.6 cm³/mol. The number of carbonyl (C=O) groups is 1. The molecule has 0 aliphatic heterocycles. The van der Waals surface area contributed by atoms with Crippen LogP contribution in [0.2, 0.25) is 0 Å². The molecule has 1 heterocycles. The van der Waals surface area contributed by atoms with Gasteiger partial charge in [0.25, 0.3) is 5.56 Å². The highest BCUT2D eigenvalue weighted by Gasteiger charge is 2.16. The van der Waals surface area contributed by atoms with Crippen LogP contribution in [0.15, 0.2) is 29.2 Å². The number of halogens is 3.